The molecule has 0 spiro atoms. The van der Waals surface area contributed by atoms with E-state index >= 15 is 0 Å². The van der Waals surface area contributed by atoms with Crippen molar-refractivity contribution in [3.8, 4) is 22.6 Å². The Morgan fingerprint density at radius 1 is 0.385 bits per heavy atom. The highest BCUT2D eigenvalue weighted by Crippen LogP contribution is 2.39. The molecule has 3 aromatic heterocycles. The fourth-order valence-corrected chi connectivity index (χ4v) is 8.49. The number of fused-ring (bicyclic) bond motifs is 12. The molecule has 8 aromatic carbocycles. The second kappa shape index (κ2) is 10.9. The smallest absolute Gasteiger partial charge is 0.0979 e. The van der Waals surface area contributed by atoms with E-state index in [9.17, 15) is 0 Å². The first kappa shape index (κ1) is 29.0. The van der Waals surface area contributed by atoms with Gasteiger partial charge in [-0.05, 0) is 79.2 Å². The van der Waals surface area contributed by atoms with Gasteiger partial charge in [0, 0.05) is 49.3 Å². The minimum atomic E-state index is 0.840. The van der Waals surface area contributed by atoms with E-state index in [2.05, 4.69) is 175 Å². The van der Waals surface area contributed by atoms with Gasteiger partial charge in [0.05, 0.1) is 45.0 Å². The molecule has 0 aliphatic rings. The van der Waals surface area contributed by atoms with Crippen LogP contribution >= 0.6 is 0 Å². The van der Waals surface area contributed by atoms with E-state index < -0.39 is 0 Å². The molecule has 4 heteroatoms. The Bertz CT molecular complexity index is 3030. The van der Waals surface area contributed by atoms with Crippen LogP contribution in [0.3, 0.4) is 0 Å². The largest absolute Gasteiger partial charge is 0.309 e. The molecule has 4 nitrogen and oxygen atoms in total. The van der Waals surface area contributed by atoms with Crippen molar-refractivity contribution in [2.24, 2.45) is 0 Å². The van der Waals surface area contributed by atoms with Crippen LogP contribution in [0, 0.1) is 13.8 Å². The van der Waals surface area contributed by atoms with Crippen molar-refractivity contribution in [1.29, 1.82) is 0 Å². The molecule has 11 aromatic rings. The minimum Gasteiger partial charge on any atom is -0.309 e. The maximum absolute atomic E-state index is 5.51. The summed E-state index contributed by atoms with van der Waals surface area (Å²) in [5, 5.41) is 9.60. The molecule has 0 saturated carbocycles. The Hall–Kier alpha value is -6.78. The lowest BCUT2D eigenvalue weighted by Crippen LogP contribution is -2.01. The monoisotopic (exact) mass is 664 g/mol. The normalized spacial score (nSPS) is 12.0. The molecule has 244 valence electrons. The standard InChI is InChI=1S/C48H32N4/c1-29-19-21-34-35-22-20-30(2)24-41(35)48-47(40(34)23-29)49-28-42(50-48)31-25-32(51-43-15-7-3-11-36(43)37-12-4-8-16-44(37)51)27-33(26-31)52-45-17-9-5-13-38(45)39-14-6-10-18-46(39)52/h3-28H,1-2H3. The third-order valence-electron chi connectivity index (χ3n) is 10.8. The predicted octanol–water partition coefficient (Wildman–Crippen LogP) is 12.4. The molecule has 0 saturated heterocycles. The van der Waals surface area contributed by atoms with E-state index in [0.717, 1.165) is 44.4 Å². The summed E-state index contributed by atoms with van der Waals surface area (Å²) in [5.41, 5.74) is 12.9. The highest BCUT2D eigenvalue weighted by atomic mass is 15.0. The van der Waals surface area contributed by atoms with Crippen molar-refractivity contribution in [2.75, 3.05) is 0 Å². The van der Waals surface area contributed by atoms with Crippen LogP contribution in [0.25, 0.3) is 98.8 Å². The number of aryl methyl sites for hydroxylation is 2. The molecule has 3 heterocycles. The molecule has 0 aliphatic heterocycles. The Morgan fingerprint density at radius 3 is 1.27 bits per heavy atom. The van der Waals surface area contributed by atoms with Crippen molar-refractivity contribution in [3.05, 3.63) is 169 Å². The topological polar surface area (TPSA) is 35.6 Å². The first-order chi connectivity index (χ1) is 25.6. The number of rotatable bonds is 3. The third-order valence-corrected chi connectivity index (χ3v) is 10.8. The molecule has 0 fully saturated rings. The summed E-state index contributed by atoms with van der Waals surface area (Å²) in [6.07, 6.45) is 1.96. The van der Waals surface area contributed by atoms with Gasteiger partial charge in [0.1, 0.15) is 0 Å². The maximum atomic E-state index is 5.51. The zero-order chi connectivity index (χ0) is 34.5. The van der Waals surface area contributed by atoms with Gasteiger partial charge >= 0.3 is 0 Å². The number of nitrogens with zero attached hydrogens (tertiary/aromatic N) is 4. The number of aromatic nitrogens is 4. The maximum Gasteiger partial charge on any atom is 0.0979 e. The van der Waals surface area contributed by atoms with E-state index in [0.29, 0.717) is 0 Å². The summed E-state index contributed by atoms with van der Waals surface area (Å²) >= 11 is 0. The van der Waals surface area contributed by atoms with Crippen molar-refractivity contribution in [2.45, 2.75) is 13.8 Å². The van der Waals surface area contributed by atoms with Gasteiger partial charge in [-0.25, -0.2) is 4.98 Å². The van der Waals surface area contributed by atoms with Crippen LogP contribution in [-0.4, -0.2) is 19.1 Å². The molecular weight excluding hydrogens is 633 g/mol. The molecule has 0 unspecified atom stereocenters. The number of benzene rings is 8. The van der Waals surface area contributed by atoms with Crippen LogP contribution in [0.4, 0.5) is 0 Å². The number of hydrogen-bond acceptors (Lipinski definition) is 2. The number of hydrogen-bond donors (Lipinski definition) is 0. The fraction of sp³-hybridized carbons (Fsp3) is 0.0417. The molecule has 0 atom stereocenters. The van der Waals surface area contributed by atoms with Crippen molar-refractivity contribution < 1.29 is 0 Å². The zero-order valence-electron chi connectivity index (χ0n) is 28.8. The summed E-state index contributed by atoms with van der Waals surface area (Å²) in [5.74, 6) is 0. The Balaban J connectivity index is 1.26. The van der Waals surface area contributed by atoms with E-state index in [1.807, 2.05) is 6.20 Å². The van der Waals surface area contributed by atoms with Gasteiger partial charge in [0.25, 0.3) is 0 Å². The Kier molecular flexibility index (Phi) is 6.06. The minimum absolute atomic E-state index is 0.840. The first-order valence-electron chi connectivity index (χ1n) is 17.8. The molecule has 0 bridgehead atoms. The molecule has 52 heavy (non-hydrogen) atoms. The van der Waals surface area contributed by atoms with Gasteiger partial charge in [-0.3, -0.25) is 4.98 Å². The highest BCUT2D eigenvalue weighted by molar-refractivity contribution is 6.23. The summed E-state index contributed by atoms with van der Waals surface area (Å²) in [6, 6.07) is 55.0. The fourth-order valence-electron chi connectivity index (χ4n) is 8.49. The van der Waals surface area contributed by atoms with Crippen LogP contribution in [0.2, 0.25) is 0 Å². The second-order valence-corrected chi connectivity index (χ2v) is 14.0. The molecule has 0 aliphatic carbocycles. The molecule has 0 radical (unpaired) electrons. The van der Waals surface area contributed by atoms with Crippen LogP contribution < -0.4 is 0 Å². The van der Waals surface area contributed by atoms with E-state index in [1.54, 1.807) is 0 Å². The van der Waals surface area contributed by atoms with E-state index in [-0.39, 0.29) is 0 Å². The lowest BCUT2D eigenvalue weighted by Gasteiger charge is -2.16. The third kappa shape index (κ3) is 4.15. The predicted molar refractivity (Wildman–Crippen MR) is 218 cm³/mol. The average molecular weight is 665 g/mol. The van der Waals surface area contributed by atoms with Crippen molar-refractivity contribution in [1.82, 2.24) is 19.1 Å². The summed E-state index contributed by atoms with van der Waals surface area (Å²) in [7, 11) is 0. The first-order valence-corrected chi connectivity index (χ1v) is 17.8. The summed E-state index contributed by atoms with van der Waals surface area (Å²) in [4.78, 5) is 10.7. The van der Waals surface area contributed by atoms with Crippen LogP contribution in [-0.2, 0) is 0 Å². The Labute approximate surface area is 299 Å². The lowest BCUT2D eigenvalue weighted by molar-refractivity contribution is 1.13. The molecular formula is C48H32N4. The van der Waals surface area contributed by atoms with Gasteiger partial charge in [-0.15, -0.1) is 0 Å². The second-order valence-electron chi connectivity index (χ2n) is 14.0. The van der Waals surface area contributed by atoms with Crippen LogP contribution in [0.1, 0.15) is 11.1 Å². The Morgan fingerprint density at radius 2 is 0.808 bits per heavy atom. The summed E-state index contributed by atoms with van der Waals surface area (Å²) in [6.45, 7) is 4.29. The highest BCUT2D eigenvalue weighted by Gasteiger charge is 2.19. The van der Waals surface area contributed by atoms with Crippen molar-refractivity contribution >= 4 is 76.2 Å². The van der Waals surface area contributed by atoms with Gasteiger partial charge in [-0.1, -0.05) is 108 Å². The van der Waals surface area contributed by atoms with Gasteiger partial charge in [-0.2, -0.15) is 0 Å². The SMILES string of the molecule is Cc1ccc2c3ccc(C)cc3c3nc(-c4cc(-n5c6ccccc6c6ccccc65)cc(-n5c6ccccc6c6ccccc65)c4)cnc3c2c1. The molecule has 0 amide bonds. The van der Waals surface area contributed by atoms with Gasteiger partial charge in [0.15, 0.2) is 0 Å². The quantitative estimate of drug-likeness (QED) is 0.176. The lowest BCUT2D eigenvalue weighted by atomic mass is 9.96. The molecule has 11 rings (SSSR count). The van der Waals surface area contributed by atoms with E-state index in [1.165, 1.54) is 65.5 Å². The van der Waals surface area contributed by atoms with Crippen LogP contribution in [0.5, 0.6) is 0 Å². The van der Waals surface area contributed by atoms with Gasteiger partial charge < -0.3 is 9.13 Å². The zero-order valence-corrected chi connectivity index (χ0v) is 28.8. The van der Waals surface area contributed by atoms with E-state index in [4.69, 9.17) is 9.97 Å². The summed E-state index contributed by atoms with van der Waals surface area (Å²) < 4.78 is 4.80. The van der Waals surface area contributed by atoms with Crippen LogP contribution in [0.15, 0.2) is 158 Å². The average Bonchev–Trinajstić information content (AvgIpc) is 3.71. The number of para-hydroxylation sites is 4. The van der Waals surface area contributed by atoms with Gasteiger partial charge in [0.2, 0.25) is 0 Å². The van der Waals surface area contributed by atoms with Crippen molar-refractivity contribution in [3.63, 3.8) is 0 Å². The molecule has 0 N–H and O–H groups in total.